The van der Waals surface area contributed by atoms with E-state index in [0.717, 1.165) is 6.04 Å². The first kappa shape index (κ1) is 14.6. The van der Waals surface area contributed by atoms with E-state index in [2.05, 4.69) is 31.1 Å². The Hall–Kier alpha value is 1.56. The van der Waals surface area contributed by atoms with Crippen molar-refractivity contribution in [2.75, 3.05) is 20.1 Å². The summed E-state index contributed by atoms with van der Waals surface area (Å²) < 4.78 is 0. The summed E-state index contributed by atoms with van der Waals surface area (Å²) in [6, 6.07) is 2.13. The van der Waals surface area contributed by atoms with E-state index < -0.39 is 0 Å². The van der Waals surface area contributed by atoms with Gasteiger partial charge in [-0.15, -0.1) is 0 Å². The topological polar surface area (TPSA) is 15.3 Å². The van der Waals surface area contributed by atoms with Crippen molar-refractivity contribution in [3.63, 3.8) is 0 Å². The number of nitrogens with zero attached hydrogens (tertiary/aromatic N) is 1. The molecule has 0 amide bonds. The fourth-order valence-corrected chi connectivity index (χ4v) is 3.27. The molecule has 0 aromatic heterocycles. The monoisotopic (exact) mass is 234 g/mol. The van der Waals surface area contributed by atoms with Crippen LogP contribution in [-0.2, 0) is 0 Å². The molecule has 3 heteroatoms. The van der Waals surface area contributed by atoms with Gasteiger partial charge >= 0.3 is 51.4 Å². The van der Waals surface area contributed by atoms with Gasteiger partial charge in [-0.1, -0.05) is 0 Å². The molecule has 82 valence electrons. The fraction of sp³-hybridized carbons (Fsp3) is 0.917. The molecule has 2 unspecified atom stereocenters. The van der Waals surface area contributed by atoms with Gasteiger partial charge in [0.05, 0.1) is 0 Å². The van der Waals surface area contributed by atoms with Gasteiger partial charge in [-0.25, -0.2) is 0 Å². The smallest absolute Gasteiger partial charge is 0.465 e. The Bertz CT molecular complexity index is 208. The number of nitrogens with one attached hydrogen (secondary N) is 1. The van der Waals surface area contributed by atoms with Crippen LogP contribution in [0, 0.1) is 11.5 Å². The van der Waals surface area contributed by atoms with Crippen molar-refractivity contribution in [3.8, 4) is 0 Å². The minimum absolute atomic E-state index is 0. The average molecular weight is 234 g/mol. The van der Waals surface area contributed by atoms with E-state index in [0.29, 0.717) is 5.41 Å². The zero-order chi connectivity index (χ0) is 10.2. The second-order valence-corrected chi connectivity index (χ2v) is 5.57. The molecule has 1 aliphatic carbocycles. The Morgan fingerprint density at radius 2 is 2.07 bits per heavy atom. The van der Waals surface area contributed by atoms with Crippen LogP contribution in [0.15, 0.2) is 0 Å². The third-order valence-electron chi connectivity index (χ3n) is 3.82. The summed E-state index contributed by atoms with van der Waals surface area (Å²) in [4.78, 5) is 2.49. The Morgan fingerprint density at radius 1 is 1.33 bits per heavy atom. The third-order valence-corrected chi connectivity index (χ3v) is 3.82. The van der Waals surface area contributed by atoms with Crippen molar-refractivity contribution in [2.24, 2.45) is 5.41 Å². The first-order valence-electron chi connectivity index (χ1n) is 5.85. The largest absolute Gasteiger partial charge is 1.00 e. The van der Waals surface area contributed by atoms with Crippen molar-refractivity contribution >= 4 is 0 Å². The maximum atomic E-state index is 3.61. The SMILES string of the molecule is C[C-](C)NC1CCC2(CCN(C)C2)C1.[K+]. The van der Waals surface area contributed by atoms with E-state index in [9.17, 15) is 0 Å². The quantitative estimate of drug-likeness (QED) is 0.488. The summed E-state index contributed by atoms with van der Waals surface area (Å²) in [7, 11) is 2.26. The molecule has 1 N–H and O–H groups in total. The molecule has 1 saturated heterocycles. The molecule has 15 heavy (non-hydrogen) atoms. The van der Waals surface area contributed by atoms with Crippen molar-refractivity contribution in [1.82, 2.24) is 10.2 Å². The van der Waals surface area contributed by atoms with Crippen molar-refractivity contribution < 1.29 is 51.4 Å². The molecule has 0 aromatic carbocycles. The molecule has 0 aromatic rings. The summed E-state index contributed by atoms with van der Waals surface area (Å²) in [6.45, 7) is 6.98. The molecule has 1 saturated carbocycles. The molecule has 2 aliphatic rings. The summed E-state index contributed by atoms with van der Waals surface area (Å²) >= 11 is 0. The zero-order valence-electron chi connectivity index (χ0n) is 10.8. The molecule has 1 heterocycles. The maximum absolute atomic E-state index is 3.61. The maximum Gasteiger partial charge on any atom is 1.00 e. The summed E-state index contributed by atoms with van der Waals surface area (Å²) in [5.41, 5.74) is 0.669. The van der Waals surface area contributed by atoms with Crippen molar-refractivity contribution in [3.05, 3.63) is 6.04 Å². The Balaban J connectivity index is 0.00000112. The second kappa shape index (κ2) is 5.94. The van der Waals surface area contributed by atoms with Crippen LogP contribution in [0.4, 0.5) is 0 Å². The van der Waals surface area contributed by atoms with Crippen LogP contribution in [0.2, 0.25) is 0 Å². The van der Waals surface area contributed by atoms with Crippen LogP contribution < -0.4 is 56.7 Å². The summed E-state index contributed by atoms with van der Waals surface area (Å²) in [5, 5.41) is 3.61. The molecule has 2 nitrogen and oxygen atoms in total. The standard InChI is InChI=1S/C12H23N2.K/c1-10(2)13-11-4-5-12(8-11)6-7-14(3)9-12;/h11,13H,4-9H2,1-3H3;/q-1;+1. The van der Waals surface area contributed by atoms with E-state index in [1.165, 1.54) is 44.8 Å². The Labute approximate surface area is 137 Å². The first-order valence-corrected chi connectivity index (χ1v) is 5.85. The minimum Gasteiger partial charge on any atom is -0.465 e. The normalized spacial score (nSPS) is 36.4. The number of likely N-dealkylation sites (tertiary alicyclic amines) is 1. The predicted molar refractivity (Wildman–Crippen MR) is 59.9 cm³/mol. The van der Waals surface area contributed by atoms with E-state index in [1.807, 2.05) is 0 Å². The Kier molecular flexibility index (Phi) is 5.79. The molecule has 2 atom stereocenters. The molecular weight excluding hydrogens is 211 g/mol. The third kappa shape index (κ3) is 3.76. The Morgan fingerprint density at radius 3 is 2.60 bits per heavy atom. The van der Waals surface area contributed by atoms with Gasteiger partial charge in [0, 0.05) is 6.54 Å². The molecule has 1 aliphatic heterocycles. The number of hydrogen-bond donors (Lipinski definition) is 1. The van der Waals surface area contributed by atoms with E-state index in [4.69, 9.17) is 0 Å². The molecule has 2 rings (SSSR count). The predicted octanol–water partition coefficient (Wildman–Crippen LogP) is -0.974. The number of hydrogen-bond acceptors (Lipinski definition) is 2. The van der Waals surface area contributed by atoms with E-state index in [-0.39, 0.29) is 51.4 Å². The average Bonchev–Trinajstić information content (AvgIpc) is 2.60. The molecule has 0 bridgehead atoms. The van der Waals surface area contributed by atoms with Crippen molar-refractivity contribution in [2.45, 2.75) is 45.6 Å². The van der Waals surface area contributed by atoms with Gasteiger partial charge in [-0.05, 0) is 50.7 Å². The van der Waals surface area contributed by atoms with E-state index in [1.54, 1.807) is 0 Å². The van der Waals surface area contributed by atoms with Gasteiger partial charge < -0.3 is 10.2 Å². The second-order valence-electron chi connectivity index (χ2n) is 5.57. The molecular formula is C12H23KN2. The van der Waals surface area contributed by atoms with Gasteiger partial charge in [0.2, 0.25) is 0 Å². The van der Waals surface area contributed by atoms with Crippen LogP contribution in [0.5, 0.6) is 0 Å². The first-order chi connectivity index (χ1) is 6.60. The number of rotatable bonds is 2. The van der Waals surface area contributed by atoms with Crippen LogP contribution in [0.1, 0.15) is 39.5 Å². The summed E-state index contributed by atoms with van der Waals surface area (Å²) in [5.74, 6) is 0. The van der Waals surface area contributed by atoms with Gasteiger partial charge in [0.25, 0.3) is 0 Å². The fourth-order valence-electron chi connectivity index (χ4n) is 3.27. The van der Waals surface area contributed by atoms with E-state index >= 15 is 0 Å². The summed E-state index contributed by atoms with van der Waals surface area (Å²) in [6.07, 6.45) is 5.62. The van der Waals surface area contributed by atoms with Gasteiger partial charge in [-0.3, -0.25) is 6.04 Å². The van der Waals surface area contributed by atoms with Crippen LogP contribution in [-0.4, -0.2) is 31.1 Å². The van der Waals surface area contributed by atoms with Gasteiger partial charge in [0.15, 0.2) is 0 Å². The minimum atomic E-state index is 0. The molecule has 1 spiro atoms. The molecule has 0 radical (unpaired) electrons. The van der Waals surface area contributed by atoms with Crippen molar-refractivity contribution in [1.29, 1.82) is 0 Å². The van der Waals surface area contributed by atoms with Gasteiger partial charge in [-0.2, -0.15) is 13.8 Å². The van der Waals surface area contributed by atoms with Crippen LogP contribution in [0.25, 0.3) is 0 Å². The van der Waals surface area contributed by atoms with Crippen LogP contribution >= 0.6 is 0 Å². The zero-order valence-corrected chi connectivity index (χ0v) is 13.9. The molecule has 2 fully saturated rings. The van der Waals surface area contributed by atoms with Gasteiger partial charge in [0.1, 0.15) is 0 Å². The van der Waals surface area contributed by atoms with Crippen LogP contribution in [0.3, 0.4) is 0 Å².